The summed E-state index contributed by atoms with van der Waals surface area (Å²) in [7, 11) is 0. The van der Waals surface area contributed by atoms with Crippen molar-refractivity contribution in [2.75, 3.05) is 11.9 Å². The molecule has 1 aromatic heterocycles. The Labute approximate surface area is 153 Å². The average molecular weight is 348 g/mol. The molecule has 0 bridgehead atoms. The summed E-state index contributed by atoms with van der Waals surface area (Å²) in [5, 5.41) is 7.42. The van der Waals surface area contributed by atoms with E-state index in [1.165, 1.54) is 18.4 Å². The molecule has 5 rings (SSSR count). The Bertz CT molecular complexity index is 829. The van der Waals surface area contributed by atoms with Crippen LogP contribution in [-0.2, 0) is 6.54 Å². The monoisotopic (exact) mass is 348 g/mol. The van der Waals surface area contributed by atoms with E-state index in [-0.39, 0.29) is 17.5 Å². The number of rotatable bonds is 4. The van der Waals surface area contributed by atoms with Crippen LogP contribution in [0.15, 0.2) is 54.9 Å². The number of hydrogen-bond acceptors (Lipinski definition) is 2. The van der Waals surface area contributed by atoms with Crippen LogP contribution in [-0.4, -0.2) is 27.3 Å². The SMILES string of the molecule is O=C(Nc1cnn(CC2CC2)c1)N1CC2(CC=CC2)C1c1ccccc1. The van der Waals surface area contributed by atoms with Gasteiger partial charge >= 0.3 is 6.03 Å². The average Bonchev–Trinajstić information content (AvgIpc) is 3.12. The number of urea groups is 1. The molecule has 1 saturated carbocycles. The number of likely N-dealkylation sites (tertiary alicyclic amines) is 1. The number of nitrogens with one attached hydrogen (secondary N) is 1. The molecule has 2 heterocycles. The number of nitrogens with zero attached hydrogens (tertiary/aromatic N) is 3. The summed E-state index contributed by atoms with van der Waals surface area (Å²) in [4.78, 5) is 14.9. The smallest absolute Gasteiger partial charge is 0.316 e. The fourth-order valence-electron chi connectivity index (χ4n) is 4.45. The molecule has 1 aromatic carbocycles. The van der Waals surface area contributed by atoms with Gasteiger partial charge in [0, 0.05) is 24.7 Å². The van der Waals surface area contributed by atoms with Gasteiger partial charge in [-0.05, 0) is 37.2 Å². The minimum Gasteiger partial charge on any atom is -0.316 e. The normalized spacial score (nSPS) is 23.2. The van der Waals surface area contributed by atoms with Gasteiger partial charge in [-0.25, -0.2) is 4.79 Å². The number of carbonyl (C=O) groups excluding carboxylic acids is 1. The van der Waals surface area contributed by atoms with Crippen LogP contribution in [0.4, 0.5) is 10.5 Å². The van der Waals surface area contributed by atoms with Crippen LogP contribution in [0.1, 0.15) is 37.3 Å². The third-order valence-corrected chi connectivity index (χ3v) is 6.00. The number of hydrogen-bond donors (Lipinski definition) is 1. The van der Waals surface area contributed by atoms with Crippen LogP contribution in [0, 0.1) is 11.3 Å². The van der Waals surface area contributed by atoms with E-state index in [0.29, 0.717) is 0 Å². The van der Waals surface area contributed by atoms with Crippen LogP contribution in [0.25, 0.3) is 0 Å². The molecule has 1 aliphatic heterocycles. The number of amides is 2. The van der Waals surface area contributed by atoms with E-state index in [0.717, 1.165) is 37.5 Å². The summed E-state index contributed by atoms with van der Waals surface area (Å²) in [6, 6.07) is 10.5. The van der Waals surface area contributed by atoms with Gasteiger partial charge in [0.2, 0.25) is 0 Å². The Morgan fingerprint density at radius 1 is 1.19 bits per heavy atom. The fourth-order valence-corrected chi connectivity index (χ4v) is 4.45. The third-order valence-electron chi connectivity index (χ3n) is 6.00. The van der Waals surface area contributed by atoms with E-state index in [9.17, 15) is 4.79 Å². The second-order valence-electron chi connectivity index (χ2n) is 8.01. The number of benzene rings is 1. The van der Waals surface area contributed by atoms with Crippen molar-refractivity contribution in [1.29, 1.82) is 0 Å². The van der Waals surface area contributed by atoms with Gasteiger partial charge in [0.25, 0.3) is 0 Å². The molecular formula is C21H24N4O. The molecule has 1 saturated heterocycles. The second-order valence-corrected chi connectivity index (χ2v) is 8.01. The van der Waals surface area contributed by atoms with E-state index in [1.54, 1.807) is 6.20 Å². The first kappa shape index (κ1) is 15.7. The highest BCUT2D eigenvalue weighted by atomic mass is 16.2. The molecule has 2 fully saturated rings. The van der Waals surface area contributed by atoms with Crippen molar-refractivity contribution in [3.05, 3.63) is 60.4 Å². The minimum atomic E-state index is -0.0256. The Kier molecular flexibility index (Phi) is 3.62. The Morgan fingerprint density at radius 3 is 2.69 bits per heavy atom. The van der Waals surface area contributed by atoms with Gasteiger partial charge in [-0.3, -0.25) is 4.68 Å². The summed E-state index contributed by atoms with van der Waals surface area (Å²) in [5.41, 5.74) is 2.18. The number of anilines is 1. The molecule has 134 valence electrons. The summed E-state index contributed by atoms with van der Waals surface area (Å²) in [5.74, 6) is 0.769. The first-order valence-electron chi connectivity index (χ1n) is 9.54. The standard InChI is InChI=1S/C21H24N4O/c26-20(23-18-12-22-24(14-18)13-16-8-9-16)25-15-21(10-4-5-11-21)19(25)17-6-2-1-3-7-17/h1-7,12,14,16,19H,8-11,13,15H2,(H,23,26). The van der Waals surface area contributed by atoms with Crippen LogP contribution >= 0.6 is 0 Å². The Hall–Kier alpha value is -2.56. The predicted octanol–water partition coefficient (Wildman–Crippen LogP) is 4.22. The van der Waals surface area contributed by atoms with E-state index in [1.807, 2.05) is 21.8 Å². The number of carbonyl (C=O) groups is 1. The molecule has 2 amide bonds. The lowest BCUT2D eigenvalue weighted by molar-refractivity contribution is -0.0308. The quantitative estimate of drug-likeness (QED) is 0.841. The van der Waals surface area contributed by atoms with Gasteiger partial charge in [-0.2, -0.15) is 5.10 Å². The summed E-state index contributed by atoms with van der Waals surface area (Å²) in [6.45, 7) is 1.77. The van der Waals surface area contributed by atoms with Crippen LogP contribution < -0.4 is 5.32 Å². The number of allylic oxidation sites excluding steroid dienone is 2. The van der Waals surface area contributed by atoms with Gasteiger partial charge in [0.05, 0.1) is 17.9 Å². The molecule has 1 N–H and O–H groups in total. The first-order chi connectivity index (χ1) is 12.7. The van der Waals surface area contributed by atoms with E-state index < -0.39 is 0 Å². The van der Waals surface area contributed by atoms with Crippen LogP contribution in [0.2, 0.25) is 0 Å². The van der Waals surface area contributed by atoms with Crippen molar-refractivity contribution in [1.82, 2.24) is 14.7 Å². The van der Waals surface area contributed by atoms with Crippen molar-refractivity contribution < 1.29 is 4.79 Å². The summed E-state index contributed by atoms with van der Waals surface area (Å²) < 4.78 is 1.94. The molecule has 3 aliphatic rings. The zero-order chi connectivity index (χ0) is 17.6. The highest BCUT2D eigenvalue weighted by Gasteiger charge is 2.54. The molecule has 26 heavy (non-hydrogen) atoms. The zero-order valence-electron chi connectivity index (χ0n) is 14.8. The van der Waals surface area contributed by atoms with Crippen molar-refractivity contribution in [3.63, 3.8) is 0 Å². The molecule has 1 atom stereocenters. The van der Waals surface area contributed by atoms with Gasteiger partial charge in [-0.15, -0.1) is 0 Å². The molecule has 2 aromatic rings. The minimum absolute atomic E-state index is 0.0256. The topological polar surface area (TPSA) is 50.2 Å². The maximum absolute atomic E-state index is 12.9. The van der Waals surface area contributed by atoms with Crippen LogP contribution in [0.5, 0.6) is 0 Å². The summed E-state index contributed by atoms with van der Waals surface area (Å²) in [6.07, 6.45) is 12.9. The lowest BCUT2D eigenvalue weighted by atomic mass is 9.67. The van der Waals surface area contributed by atoms with E-state index in [4.69, 9.17) is 0 Å². The molecule has 1 unspecified atom stereocenters. The van der Waals surface area contributed by atoms with Gasteiger partial charge in [0.1, 0.15) is 0 Å². The van der Waals surface area contributed by atoms with E-state index in [2.05, 4.69) is 46.8 Å². The molecule has 5 heteroatoms. The predicted molar refractivity (Wildman–Crippen MR) is 101 cm³/mol. The van der Waals surface area contributed by atoms with Crippen molar-refractivity contribution in [2.45, 2.75) is 38.3 Å². The molecule has 5 nitrogen and oxygen atoms in total. The van der Waals surface area contributed by atoms with Crippen molar-refractivity contribution in [3.8, 4) is 0 Å². The maximum Gasteiger partial charge on any atom is 0.322 e. The zero-order valence-corrected chi connectivity index (χ0v) is 14.8. The first-order valence-corrected chi connectivity index (χ1v) is 9.54. The lowest BCUT2D eigenvalue weighted by Crippen LogP contribution is -2.60. The fraction of sp³-hybridized carbons (Fsp3) is 0.429. The maximum atomic E-state index is 12.9. The highest BCUT2D eigenvalue weighted by Crippen LogP contribution is 2.56. The Balaban J connectivity index is 1.31. The van der Waals surface area contributed by atoms with Crippen LogP contribution in [0.3, 0.4) is 0 Å². The Morgan fingerprint density at radius 2 is 1.96 bits per heavy atom. The second kappa shape index (κ2) is 6.01. The molecule has 2 aliphatic carbocycles. The largest absolute Gasteiger partial charge is 0.322 e. The summed E-state index contributed by atoms with van der Waals surface area (Å²) >= 11 is 0. The van der Waals surface area contributed by atoms with Gasteiger partial charge in [0.15, 0.2) is 0 Å². The highest BCUT2D eigenvalue weighted by molar-refractivity contribution is 5.90. The molecule has 0 radical (unpaired) electrons. The van der Waals surface area contributed by atoms with Gasteiger partial charge in [-0.1, -0.05) is 42.5 Å². The van der Waals surface area contributed by atoms with Crippen molar-refractivity contribution >= 4 is 11.7 Å². The number of aromatic nitrogens is 2. The lowest BCUT2D eigenvalue weighted by Gasteiger charge is -2.56. The van der Waals surface area contributed by atoms with Gasteiger partial charge < -0.3 is 10.2 Å². The molecule has 1 spiro atoms. The molecular weight excluding hydrogens is 324 g/mol. The third kappa shape index (κ3) is 2.71. The van der Waals surface area contributed by atoms with E-state index >= 15 is 0 Å². The van der Waals surface area contributed by atoms with Crippen molar-refractivity contribution in [2.24, 2.45) is 11.3 Å².